The molecule has 1 heterocycles. The molecule has 1 saturated carbocycles. The van der Waals surface area contributed by atoms with Gasteiger partial charge >= 0.3 is 0 Å². The van der Waals surface area contributed by atoms with Gasteiger partial charge in [-0.15, -0.1) is 11.6 Å². The molecular formula is C13H22ClNO2. The Kier molecular flexibility index (Phi) is 4.69. The van der Waals surface area contributed by atoms with E-state index in [0.29, 0.717) is 31.5 Å². The largest absolute Gasteiger partial charge is 0.377 e. The van der Waals surface area contributed by atoms with Gasteiger partial charge in [-0.2, -0.15) is 0 Å². The topological polar surface area (TPSA) is 29.5 Å². The molecule has 0 radical (unpaired) electrons. The summed E-state index contributed by atoms with van der Waals surface area (Å²) in [5.41, 5.74) is 0. The van der Waals surface area contributed by atoms with Crippen molar-refractivity contribution < 1.29 is 9.53 Å². The van der Waals surface area contributed by atoms with Gasteiger partial charge in [-0.05, 0) is 31.6 Å². The third kappa shape index (κ3) is 3.14. The molecule has 1 amide bonds. The Balaban J connectivity index is 1.93. The van der Waals surface area contributed by atoms with Gasteiger partial charge in [0, 0.05) is 18.3 Å². The second kappa shape index (κ2) is 6.05. The Hall–Kier alpha value is -0.280. The van der Waals surface area contributed by atoms with Crippen molar-refractivity contribution in [2.75, 3.05) is 25.6 Å². The van der Waals surface area contributed by atoms with Gasteiger partial charge < -0.3 is 9.64 Å². The number of alkyl halides is 1. The first-order chi connectivity index (χ1) is 8.22. The molecular weight excluding hydrogens is 238 g/mol. The van der Waals surface area contributed by atoms with Crippen molar-refractivity contribution in [1.29, 1.82) is 0 Å². The lowest BCUT2D eigenvalue weighted by Crippen LogP contribution is -2.52. The highest BCUT2D eigenvalue weighted by Crippen LogP contribution is 2.30. The van der Waals surface area contributed by atoms with E-state index in [1.807, 2.05) is 4.90 Å². The lowest BCUT2D eigenvalue weighted by atomic mass is 9.82. The van der Waals surface area contributed by atoms with Crippen molar-refractivity contribution in [2.45, 2.75) is 38.6 Å². The van der Waals surface area contributed by atoms with E-state index in [2.05, 4.69) is 6.92 Å². The average Bonchev–Trinajstić information content (AvgIpc) is 2.39. The number of rotatable bonds is 2. The van der Waals surface area contributed by atoms with Crippen LogP contribution in [0.25, 0.3) is 0 Å². The van der Waals surface area contributed by atoms with Crippen LogP contribution >= 0.6 is 11.6 Å². The van der Waals surface area contributed by atoms with E-state index in [0.717, 1.165) is 18.8 Å². The van der Waals surface area contributed by atoms with Crippen LogP contribution in [0.15, 0.2) is 0 Å². The molecule has 0 aromatic rings. The van der Waals surface area contributed by atoms with Crippen LogP contribution in [-0.4, -0.2) is 42.5 Å². The molecule has 98 valence electrons. The normalized spacial score (nSPS) is 34.7. The third-order valence-corrected chi connectivity index (χ3v) is 4.41. The van der Waals surface area contributed by atoms with Crippen molar-refractivity contribution in [3.63, 3.8) is 0 Å². The van der Waals surface area contributed by atoms with Gasteiger partial charge in [0.15, 0.2) is 0 Å². The minimum atomic E-state index is 0.0808. The van der Waals surface area contributed by atoms with Crippen LogP contribution in [0.2, 0.25) is 0 Å². The standard InChI is InChI=1S/C13H22ClNO2/c1-10-2-4-11(5-3-10)13(16)15-6-7-17-9-12(15)8-14/h10-12H,2-9H2,1H3. The predicted molar refractivity (Wildman–Crippen MR) is 68.2 cm³/mol. The summed E-state index contributed by atoms with van der Waals surface area (Å²) in [5, 5.41) is 0. The lowest BCUT2D eigenvalue weighted by Gasteiger charge is -2.38. The number of amides is 1. The van der Waals surface area contributed by atoms with Crippen LogP contribution in [0.1, 0.15) is 32.6 Å². The Labute approximate surface area is 108 Å². The van der Waals surface area contributed by atoms with E-state index in [1.54, 1.807) is 0 Å². The monoisotopic (exact) mass is 259 g/mol. The third-order valence-electron chi connectivity index (χ3n) is 4.05. The smallest absolute Gasteiger partial charge is 0.226 e. The van der Waals surface area contributed by atoms with Crippen molar-refractivity contribution in [1.82, 2.24) is 4.90 Å². The number of morpholine rings is 1. The first kappa shape index (κ1) is 13.2. The molecule has 0 aromatic heterocycles. The molecule has 1 unspecified atom stereocenters. The maximum atomic E-state index is 12.4. The predicted octanol–water partition coefficient (Wildman–Crippen LogP) is 2.28. The quantitative estimate of drug-likeness (QED) is 0.712. The van der Waals surface area contributed by atoms with Gasteiger partial charge in [-0.3, -0.25) is 4.79 Å². The Morgan fingerprint density at radius 2 is 2.06 bits per heavy atom. The van der Waals surface area contributed by atoms with Gasteiger partial charge in [0.1, 0.15) is 0 Å². The van der Waals surface area contributed by atoms with E-state index >= 15 is 0 Å². The number of hydrogen-bond donors (Lipinski definition) is 0. The van der Waals surface area contributed by atoms with Gasteiger partial charge in [0.25, 0.3) is 0 Å². The molecule has 0 N–H and O–H groups in total. The molecule has 3 nitrogen and oxygen atoms in total. The number of halogens is 1. The van der Waals surface area contributed by atoms with Crippen molar-refractivity contribution in [3.05, 3.63) is 0 Å². The highest BCUT2D eigenvalue weighted by molar-refractivity contribution is 6.18. The van der Waals surface area contributed by atoms with Gasteiger partial charge in [0.05, 0.1) is 19.3 Å². The van der Waals surface area contributed by atoms with E-state index in [9.17, 15) is 4.79 Å². The summed E-state index contributed by atoms with van der Waals surface area (Å²) in [6.45, 7) is 4.24. The van der Waals surface area contributed by atoms with E-state index in [1.165, 1.54) is 12.8 Å². The summed E-state index contributed by atoms with van der Waals surface area (Å²) < 4.78 is 5.38. The number of hydrogen-bond acceptors (Lipinski definition) is 2. The second-order valence-electron chi connectivity index (χ2n) is 5.37. The number of nitrogens with zero attached hydrogens (tertiary/aromatic N) is 1. The molecule has 2 rings (SSSR count). The Morgan fingerprint density at radius 3 is 2.71 bits per heavy atom. The molecule has 1 aliphatic carbocycles. The Morgan fingerprint density at radius 1 is 1.35 bits per heavy atom. The van der Waals surface area contributed by atoms with E-state index in [4.69, 9.17) is 16.3 Å². The maximum Gasteiger partial charge on any atom is 0.226 e. The zero-order chi connectivity index (χ0) is 12.3. The van der Waals surface area contributed by atoms with Gasteiger partial charge in [-0.1, -0.05) is 6.92 Å². The molecule has 0 aromatic carbocycles. The fourth-order valence-electron chi connectivity index (χ4n) is 2.81. The van der Waals surface area contributed by atoms with Gasteiger partial charge in [-0.25, -0.2) is 0 Å². The molecule has 1 saturated heterocycles. The summed E-state index contributed by atoms with van der Waals surface area (Å²) >= 11 is 5.91. The summed E-state index contributed by atoms with van der Waals surface area (Å²) in [6.07, 6.45) is 4.47. The molecule has 2 aliphatic rings. The van der Waals surface area contributed by atoms with Crippen LogP contribution in [-0.2, 0) is 9.53 Å². The summed E-state index contributed by atoms with van der Waals surface area (Å²) in [6, 6.07) is 0.0808. The molecule has 1 aliphatic heterocycles. The molecule has 0 spiro atoms. The van der Waals surface area contributed by atoms with E-state index < -0.39 is 0 Å². The van der Waals surface area contributed by atoms with Gasteiger partial charge in [0.2, 0.25) is 5.91 Å². The SMILES string of the molecule is CC1CCC(C(=O)N2CCOCC2CCl)CC1. The van der Waals surface area contributed by atoms with Crippen molar-refractivity contribution >= 4 is 17.5 Å². The fraction of sp³-hybridized carbons (Fsp3) is 0.923. The van der Waals surface area contributed by atoms with Crippen LogP contribution in [0, 0.1) is 11.8 Å². The maximum absolute atomic E-state index is 12.4. The van der Waals surface area contributed by atoms with E-state index in [-0.39, 0.29) is 12.0 Å². The minimum Gasteiger partial charge on any atom is -0.377 e. The first-order valence-electron chi connectivity index (χ1n) is 6.66. The number of carbonyl (C=O) groups is 1. The lowest BCUT2D eigenvalue weighted by molar-refractivity contribution is -0.144. The molecule has 0 bridgehead atoms. The zero-order valence-corrected chi connectivity index (χ0v) is 11.3. The van der Waals surface area contributed by atoms with Crippen LogP contribution in [0.4, 0.5) is 0 Å². The average molecular weight is 260 g/mol. The van der Waals surface area contributed by atoms with Crippen molar-refractivity contribution in [3.8, 4) is 0 Å². The van der Waals surface area contributed by atoms with Crippen molar-refractivity contribution in [2.24, 2.45) is 11.8 Å². The zero-order valence-electron chi connectivity index (χ0n) is 10.5. The highest BCUT2D eigenvalue weighted by atomic mass is 35.5. The molecule has 2 fully saturated rings. The second-order valence-corrected chi connectivity index (χ2v) is 5.68. The Bertz CT molecular complexity index is 264. The summed E-state index contributed by atoms with van der Waals surface area (Å²) in [5.74, 6) is 1.81. The fourth-order valence-corrected chi connectivity index (χ4v) is 3.07. The number of ether oxygens (including phenoxy) is 1. The molecule has 17 heavy (non-hydrogen) atoms. The summed E-state index contributed by atoms with van der Waals surface area (Å²) in [4.78, 5) is 14.4. The molecule has 4 heteroatoms. The first-order valence-corrected chi connectivity index (χ1v) is 7.20. The van der Waals surface area contributed by atoms with Crippen LogP contribution in [0.5, 0.6) is 0 Å². The number of carbonyl (C=O) groups excluding carboxylic acids is 1. The molecule has 1 atom stereocenters. The van der Waals surface area contributed by atoms with Crippen LogP contribution < -0.4 is 0 Å². The summed E-state index contributed by atoms with van der Waals surface area (Å²) in [7, 11) is 0. The highest BCUT2D eigenvalue weighted by Gasteiger charge is 2.33. The minimum absolute atomic E-state index is 0.0808. The van der Waals surface area contributed by atoms with Crippen LogP contribution in [0.3, 0.4) is 0 Å².